The third-order valence-corrected chi connectivity index (χ3v) is 3.47. The number of para-hydroxylation sites is 1. The van der Waals surface area contributed by atoms with Crippen molar-refractivity contribution in [2.75, 3.05) is 6.54 Å². The molecule has 0 fully saturated rings. The number of aromatic nitrogens is 1. The van der Waals surface area contributed by atoms with Gasteiger partial charge < -0.3 is 10.3 Å². The monoisotopic (exact) mass is 244 g/mol. The van der Waals surface area contributed by atoms with E-state index in [0.29, 0.717) is 6.04 Å². The number of aromatic amines is 1. The van der Waals surface area contributed by atoms with Crippen LogP contribution in [0.2, 0.25) is 0 Å². The first-order valence-corrected chi connectivity index (χ1v) is 7.09. The number of hydrogen-bond acceptors (Lipinski definition) is 1. The largest absolute Gasteiger partial charge is 0.361 e. The molecule has 0 aliphatic rings. The zero-order chi connectivity index (χ0) is 12.8. The molecule has 0 bridgehead atoms. The second-order valence-corrected chi connectivity index (χ2v) is 5.13. The fourth-order valence-corrected chi connectivity index (χ4v) is 2.43. The van der Waals surface area contributed by atoms with Gasteiger partial charge in [0.2, 0.25) is 0 Å². The maximum atomic E-state index is 3.61. The van der Waals surface area contributed by atoms with Gasteiger partial charge in [0.05, 0.1) is 0 Å². The van der Waals surface area contributed by atoms with E-state index in [-0.39, 0.29) is 0 Å². The van der Waals surface area contributed by atoms with Crippen molar-refractivity contribution >= 4 is 10.9 Å². The van der Waals surface area contributed by atoms with E-state index in [0.717, 1.165) is 13.0 Å². The molecule has 1 heterocycles. The van der Waals surface area contributed by atoms with E-state index in [1.807, 2.05) is 0 Å². The first kappa shape index (κ1) is 13.2. The highest BCUT2D eigenvalue weighted by Gasteiger charge is 2.07. The van der Waals surface area contributed by atoms with Gasteiger partial charge in [0, 0.05) is 23.1 Å². The van der Waals surface area contributed by atoms with Crippen LogP contribution in [0.3, 0.4) is 0 Å². The summed E-state index contributed by atoms with van der Waals surface area (Å²) in [7, 11) is 0. The molecule has 0 radical (unpaired) electrons. The molecule has 0 saturated heterocycles. The molecule has 18 heavy (non-hydrogen) atoms. The molecule has 0 amide bonds. The van der Waals surface area contributed by atoms with Gasteiger partial charge >= 0.3 is 0 Å². The summed E-state index contributed by atoms with van der Waals surface area (Å²) < 4.78 is 0. The van der Waals surface area contributed by atoms with Crippen LogP contribution >= 0.6 is 0 Å². The molecule has 2 heteroatoms. The van der Waals surface area contributed by atoms with Gasteiger partial charge in [-0.25, -0.2) is 0 Å². The lowest BCUT2D eigenvalue weighted by Crippen LogP contribution is -2.28. The van der Waals surface area contributed by atoms with Gasteiger partial charge in [0.25, 0.3) is 0 Å². The van der Waals surface area contributed by atoms with E-state index in [1.165, 1.54) is 35.7 Å². The summed E-state index contributed by atoms with van der Waals surface area (Å²) in [4.78, 5) is 3.34. The average Bonchev–Trinajstić information content (AvgIpc) is 2.78. The number of unbranched alkanes of at least 4 members (excludes halogenated alkanes) is 2. The van der Waals surface area contributed by atoms with E-state index in [1.54, 1.807) is 0 Å². The van der Waals surface area contributed by atoms with Crippen molar-refractivity contribution in [1.29, 1.82) is 0 Å². The number of fused-ring (bicyclic) bond motifs is 1. The average molecular weight is 244 g/mol. The maximum Gasteiger partial charge on any atom is 0.0456 e. The van der Waals surface area contributed by atoms with Crippen LogP contribution in [0.1, 0.15) is 38.7 Å². The van der Waals surface area contributed by atoms with E-state index in [4.69, 9.17) is 0 Å². The Balaban J connectivity index is 1.88. The molecule has 2 aromatic rings. The summed E-state index contributed by atoms with van der Waals surface area (Å²) in [6.45, 7) is 5.65. The van der Waals surface area contributed by atoms with Crippen LogP contribution < -0.4 is 5.32 Å². The van der Waals surface area contributed by atoms with Gasteiger partial charge in [0.15, 0.2) is 0 Å². The summed E-state index contributed by atoms with van der Waals surface area (Å²) in [5, 5.41) is 4.97. The normalized spacial score (nSPS) is 13.0. The van der Waals surface area contributed by atoms with Crippen LogP contribution in [0.15, 0.2) is 30.5 Å². The first-order valence-electron chi connectivity index (χ1n) is 7.09. The van der Waals surface area contributed by atoms with Crippen molar-refractivity contribution in [2.45, 2.75) is 45.6 Å². The Bertz CT molecular complexity index is 473. The van der Waals surface area contributed by atoms with Crippen molar-refractivity contribution in [2.24, 2.45) is 0 Å². The highest BCUT2D eigenvalue weighted by molar-refractivity contribution is 5.83. The summed E-state index contributed by atoms with van der Waals surface area (Å²) in [6, 6.07) is 9.07. The fraction of sp³-hybridized carbons (Fsp3) is 0.500. The highest BCUT2D eigenvalue weighted by Crippen LogP contribution is 2.18. The third-order valence-electron chi connectivity index (χ3n) is 3.47. The summed E-state index contributed by atoms with van der Waals surface area (Å²) in [5.41, 5.74) is 2.66. The second-order valence-electron chi connectivity index (χ2n) is 5.13. The molecule has 2 rings (SSSR count). The molecule has 1 aromatic carbocycles. The Morgan fingerprint density at radius 1 is 1.22 bits per heavy atom. The van der Waals surface area contributed by atoms with Crippen LogP contribution in [0, 0.1) is 0 Å². The highest BCUT2D eigenvalue weighted by atomic mass is 14.9. The molecule has 2 N–H and O–H groups in total. The Morgan fingerprint density at radius 3 is 2.89 bits per heavy atom. The quantitative estimate of drug-likeness (QED) is 0.711. The Kier molecular flexibility index (Phi) is 4.82. The Morgan fingerprint density at radius 2 is 2.06 bits per heavy atom. The minimum atomic E-state index is 0.543. The Hall–Kier alpha value is -1.28. The van der Waals surface area contributed by atoms with E-state index < -0.39 is 0 Å². The molecule has 1 aromatic heterocycles. The van der Waals surface area contributed by atoms with E-state index >= 15 is 0 Å². The van der Waals surface area contributed by atoms with Crippen LogP contribution in [-0.2, 0) is 6.42 Å². The van der Waals surface area contributed by atoms with Crippen LogP contribution in [0.5, 0.6) is 0 Å². The van der Waals surface area contributed by atoms with Crippen molar-refractivity contribution in [1.82, 2.24) is 10.3 Å². The number of hydrogen-bond donors (Lipinski definition) is 2. The minimum Gasteiger partial charge on any atom is -0.361 e. The zero-order valence-corrected chi connectivity index (χ0v) is 11.5. The zero-order valence-electron chi connectivity index (χ0n) is 11.5. The number of H-pyrrole nitrogens is 1. The summed E-state index contributed by atoms with van der Waals surface area (Å²) in [5.74, 6) is 0. The van der Waals surface area contributed by atoms with Crippen LogP contribution in [0.25, 0.3) is 10.9 Å². The van der Waals surface area contributed by atoms with Crippen LogP contribution in [0.4, 0.5) is 0 Å². The lowest BCUT2D eigenvalue weighted by atomic mass is 10.1. The molecule has 1 atom stereocenters. The van der Waals surface area contributed by atoms with E-state index in [2.05, 4.69) is 54.6 Å². The second kappa shape index (κ2) is 6.60. The van der Waals surface area contributed by atoms with E-state index in [9.17, 15) is 0 Å². The Labute approximate surface area is 110 Å². The maximum absolute atomic E-state index is 3.61. The third kappa shape index (κ3) is 3.36. The number of rotatable bonds is 7. The van der Waals surface area contributed by atoms with Crippen molar-refractivity contribution < 1.29 is 0 Å². The van der Waals surface area contributed by atoms with Gasteiger partial charge in [-0.2, -0.15) is 0 Å². The topological polar surface area (TPSA) is 27.8 Å². The van der Waals surface area contributed by atoms with Gasteiger partial charge in [-0.1, -0.05) is 38.0 Å². The van der Waals surface area contributed by atoms with Gasteiger partial charge in [-0.3, -0.25) is 0 Å². The fourth-order valence-electron chi connectivity index (χ4n) is 2.43. The van der Waals surface area contributed by atoms with Crippen molar-refractivity contribution in [3.8, 4) is 0 Å². The number of nitrogens with one attached hydrogen (secondary N) is 2. The van der Waals surface area contributed by atoms with Crippen molar-refractivity contribution in [3.05, 3.63) is 36.0 Å². The lowest BCUT2D eigenvalue weighted by Gasteiger charge is -2.13. The molecule has 2 nitrogen and oxygen atoms in total. The van der Waals surface area contributed by atoms with Gasteiger partial charge in [-0.15, -0.1) is 0 Å². The predicted octanol–water partition coefficient (Wildman–Crippen LogP) is 3.88. The molecule has 0 spiro atoms. The van der Waals surface area contributed by atoms with Crippen LogP contribution in [-0.4, -0.2) is 17.6 Å². The predicted molar refractivity (Wildman–Crippen MR) is 79.0 cm³/mol. The molecule has 1 unspecified atom stereocenters. The smallest absolute Gasteiger partial charge is 0.0456 e. The molecule has 0 saturated carbocycles. The van der Waals surface area contributed by atoms with Gasteiger partial charge in [-0.05, 0) is 37.9 Å². The lowest BCUT2D eigenvalue weighted by molar-refractivity contribution is 0.524. The first-order chi connectivity index (χ1) is 8.81. The van der Waals surface area contributed by atoms with Gasteiger partial charge in [0.1, 0.15) is 0 Å². The molecule has 98 valence electrons. The molecule has 0 aliphatic heterocycles. The SMILES string of the molecule is CCCCCNC(C)Cc1c[nH]c2ccccc12. The minimum absolute atomic E-state index is 0.543. The molecular formula is C16H24N2. The van der Waals surface area contributed by atoms with Crippen molar-refractivity contribution in [3.63, 3.8) is 0 Å². The molecule has 0 aliphatic carbocycles. The standard InChI is InChI=1S/C16H24N2/c1-3-4-7-10-17-13(2)11-14-12-18-16-9-6-5-8-15(14)16/h5-6,8-9,12-13,17-18H,3-4,7,10-11H2,1-2H3. The number of benzene rings is 1. The summed E-state index contributed by atoms with van der Waals surface area (Å²) >= 11 is 0. The summed E-state index contributed by atoms with van der Waals surface area (Å²) in [6.07, 6.45) is 7.14. The molecular weight excluding hydrogens is 220 g/mol.